The fourth-order valence-corrected chi connectivity index (χ4v) is 3.35. The number of rotatable bonds is 5. The number of amides is 1. The van der Waals surface area contributed by atoms with E-state index < -0.39 is 12.1 Å². The highest BCUT2D eigenvalue weighted by Gasteiger charge is 2.30. The number of aromatic nitrogens is 2. The molecule has 26 heavy (non-hydrogen) atoms. The summed E-state index contributed by atoms with van der Waals surface area (Å²) in [4.78, 5) is 25.4. The van der Waals surface area contributed by atoms with Crippen LogP contribution in [0, 0.1) is 6.92 Å². The summed E-state index contributed by atoms with van der Waals surface area (Å²) < 4.78 is 7.03. The Hall–Kier alpha value is -2.38. The van der Waals surface area contributed by atoms with Crippen LogP contribution in [0.1, 0.15) is 28.0 Å². The van der Waals surface area contributed by atoms with Crippen LogP contribution < -0.4 is 0 Å². The van der Waals surface area contributed by atoms with E-state index >= 15 is 0 Å². The third-order valence-corrected chi connectivity index (χ3v) is 4.67. The van der Waals surface area contributed by atoms with Crippen LogP contribution in [0.4, 0.5) is 0 Å². The second-order valence-corrected chi connectivity index (χ2v) is 6.59. The Morgan fingerprint density at radius 3 is 2.77 bits per heavy atom. The van der Waals surface area contributed by atoms with Crippen LogP contribution in [0.5, 0.6) is 0 Å². The van der Waals surface area contributed by atoms with E-state index in [-0.39, 0.29) is 24.0 Å². The second-order valence-electron chi connectivity index (χ2n) is 6.24. The maximum atomic E-state index is 12.9. The molecule has 0 saturated carbocycles. The van der Waals surface area contributed by atoms with Gasteiger partial charge in [-0.1, -0.05) is 41.9 Å². The number of aliphatic carboxylic acids is 1. The number of carboxylic acid groups (broad SMARTS) is 1. The lowest BCUT2D eigenvalue weighted by atomic mass is 10.1. The molecule has 1 aromatic heterocycles. The Labute approximate surface area is 156 Å². The van der Waals surface area contributed by atoms with Crippen molar-refractivity contribution in [1.82, 2.24) is 14.7 Å². The molecule has 0 aliphatic carbocycles. The summed E-state index contributed by atoms with van der Waals surface area (Å²) in [6.45, 7) is 3.15. The number of aryl methyl sites for hydroxylation is 1. The maximum absolute atomic E-state index is 12.9. The molecule has 2 heterocycles. The SMILES string of the molecule is Cc1nn(Cc2ccccc2)c(Cl)c1C(=O)N1CCOC(CC(=O)O)C1. The topological polar surface area (TPSA) is 84.7 Å². The molecule has 0 spiro atoms. The fraction of sp³-hybridized carbons (Fsp3) is 0.389. The lowest BCUT2D eigenvalue weighted by Gasteiger charge is -2.32. The van der Waals surface area contributed by atoms with Gasteiger partial charge in [0, 0.05) is 13.1 Å². The first kappa shape index (κ1) is 18.4. The van der Waals surface area contributed by atoms with E-state index in [9.17, 15) is 9.59 Å². The minimum Gasteiger partial charge on any atom is -0.481 e. The van der Waals surface area contributed by atoms with Crippen LogP contribution in [0.25, 0.3) is 0 Å². The summed E-state index contributed by atoms with van der Waals surface area (Å²) in [6.07, 6.45) is -0.646. The van der Waals surface area contributed by atoms with Crippen LogP contribution in [-0.2, 0) is 16.1 Å². The molecule has 7 nitrogen and oxygen atoms in total. The van der Waals surface area contributed by atoms with Crippen molar-refractivity contribution in [2.24, 2.45) is 0 Å². The van der Waals surface area contributed by atoms with Gasteiger partial charge in [-0.05, 0) is 12.5 Å². The average Bonchev–Trinajstić information content (AvgIpc) is 2.88. The molecule has 1 unspecified atom stereocenters. The molecule has 1 amide bonds. The van der Waals surface area contributed by atoms with Gasteiger partial charge in [-0.25, -0.2) is 4.68 Å². The smallest absolute Gasteiger partial charge is 0.306 e. The predicted molar refractivity (Wildman–Crippen MR) is 95.4 cm³/mol. The highest BCUT2D eigenvalue weighted by Crippen LogP contribution is 2.24. The zero-order chi connectivity index (χ0) is 18.7. The first-order valence-corrected chi connectivity index (χ1v) is 8.73. The average molecular weight is 378 g/mol. The largest absolute Gasteiger partial charge is 0.481 e. The molecule has 3 rings (SSSR count). The number of hydrogen-bond acceptors (Lipinski definition) is 4. The van der Waals surface area contributed by atoms with Gasteiger partial charge in [0.1, 0.15) is 5.15 Å². The lowest BCUT2D eigenvalue weighted by Crippen LogP contribution is -2.46. The molecule has 2 aromatic rings. The molecule has 138 valence electrons. The van der Waals surface area contributed by atoms with Crippen molar-refractivity contribution in [3.63, 3.8) is 0 Å². The van der Waals surface area contributed by atoms with Gasteiger partial charge in [0.25, 0.3) is 5.91 Å². The van der Waals surface area contributed by atoms with Crippen molar-refractivity contribution < 1.29 is 19.4 Å². The van der Waals surface area contributed by atoms with Gasteiger partial charge in [0.2, 0.25) is 0 Å². The predicted octanol–water partition coefficient (Wildman–Crippen LogP) is 2.21. The number of halogens is 1. The third-order valence-electron chi connectivity index (χ3n) is 4.28. The molecule has 1 saturated heterocycles. The molecular formula is C18H20ClN3O4. The Kier molecular flexibility index (Phi) is 5.58. The van der Waals surface area contributed by atoms with Crippen LogP contribution in [0.15, 0.2) is 30.3 Å². The van der Waals surface area contributed by atoms with Crippen LogP contribution in [0.3, 0.4) is 0 Å². The van der Waals surface area contributed by atoms with Gasteiger partial charge >= 0.3 is 5.97 Å². The first-order valence-electron chi connectivity index (χ1n) is 8.35. The van der Waals surface area contributed by atoms with Crippen molar-refractivity contribution in [2.75, 3.05) is 19.7 Å². The van der Waals surface area contributed by atoms with E-state index in [0.717, 1.165) is 5.56 Å². The van der Waals surface area contributed by atoms with Crippen molar-refractivity contribution in [3.8, 4) is 0 Å². The van der Waals surface area contributed by atoms with Gasteiger partial charge in [-0.2, -0.15) is 5.10 Å². The zero-order valence-electron chi connectivity index (χ0n) is 14.4. The van der Waals surface area contributed by atoms with E-state index in [1.165, 1.54) is 0 Å². The van der Waals surface area contributed by atoms with Gasteiger partial charge < -0.3 is 14.7 Å². The zero-order valence-corrected chi connectivity index (χ0v) is 15.1. The standard InChI is InChI=1S/C18H20ClN3O4/c1-12-16(17(19)22(20-12)10-13-5-3-2-4-6-13)18(25)21-7-8-26-14(11-21)9-15(23)24/h2-6,14H,7-11H2,1H3,(H,23,24). The number of nitrogens with zero attached hydrogens (tertiary/aromatic N) is 3. The normalized spacial score (nSPS) is 17.3. The minimum absolute atomic E-state index is 0.135. The van der Waals surface area contributed by atoms with E-state index in [1.54, 1.807) is 16.5 Å². The number of carbonyl (C=O) groups is 2. The van der Waals surface area contributed by atoms with Crippen molar-refractivity contribution >= 4 is 23.5 Å². The molecule has 0 bridgehead atoms. The van der Waals surface area contributed by atoms with Crippen molar-refractivity contribution in [3.05, 3.63) is 52.3 Å². The van der Waals surface area contributed by atoms with Gasteiger partial charge in [0.05, 0.1) is 36.9 Å². The van der Waals surface area contributed by atoms with E-state index in [4.69, 9.17) is 21.4 Å². The Bertz CT molecular complexity index is 806. The van der Waals surface area contributed by atoms with Crippen molar-refractivity contribution in [1.29, 1.82) is 0 Å². The summed E-state index contributed by atoms with van der Waals surface area (Å²) >= 11 is 6.44. The number of benzene rings is 1. The van der Waals surface area contributed by atoms with Gasteiger partial charge in [-0.15, -0.1) is 0 Å². The number of ether oxygens (including phenoxy) is 1. The molecule has 1 fully saturated rings. The number of morpholine rings is 1. The summed E-state index contributed by atoms with van der Waals surface area (Å²) in [5.41, 5.74) is 1.94. The molecule has 1 aromatic carbocycles. The minimum atomic E-state index is -0.950. The van der Waals surface area contributed by atoms with Crippen LogP contribution in [0.2, 0.25) is 5.15 Å². The summed E-state index contributed by atoms with van der Waals surface area (Å²) in [6, 6.07) is 9.73. The monoisotopic (exact) mass is 377 g/mol. The highest BCUT2D eigenvalue weighted by molar-refractivity contribution is 6.33. The summed E-state index contributed by atoms with van der Waals surface area (Å²) in [7, 11) is 0. The number of hydrogen-bond donors (Lipinski definition) is 1. The molecule has 8 heteroatoms. The summed E-state index contributed by atoms with van der Waals surface area (Å²) in [5.74, 6) is -1.19. The molecule has 1 atom stereocenters. The second kappa shape index (κ2) is 7.88. The van der Waals surface area contributed by atoms with E-state index in [1.807, 2.05) is 30.3 Å². The third kappa shape index (κ3) is 4.05. The van der Waals surface area contributed by atoms with Gasteiger partial charge in [-0.3, -0.25) is 9.59 Å². The Morgan fingerprint density at radius 2 is 2.08 bits per heavy atom. The highest BCUT2D eigenvalue weighted by atomic mass is 35.5. The van der Waals surface area contributed by atoms with Gasteiger partial charge in [0.15, 0.2) is 0 Å². The van der Waals surface area contributed by atoms with Crippen LogP contribution >= 0.6 is 11.6 Å². The molecule has 1 aliphatic heterocycles. The molecule has 0 radical (unpaired) electrons. The van der Waals surface area contributed by atoms with Crippen molar-refractivity contribution in [2.45, 2.75) is 26.0 Å². The molecule has 1 N–H and O–H groups in total. The Balaban J connectivity index is 1.78. The molecular weight excluding hydrogens is 358 g/mol. The summed E-state index contributed by atoms with van der Waals surface area (Å²) in [5, 5.41) is 13.6. The quantitative estimate of drug-likeness (QED) is 0.863. The van der Waals surface area contributed by atoms with E-state index in [0.29, 0.717) is 31.0 Å². The fourth-order valence-electron chi connectivity index (χ4n) is 3.04. The first-order chi connectivity index (χ1) is 12.5. The number of carbonyl (C=O) groups excluding carboxylic acids is 1. The molecule has 1 aliphatic rings. The number of carboxylic acids is 1. The Morgan fingerprint density at radius 1 is 1.35 bits per heavy atom. The van der Waals surface area contributed by atoms with E-state index in [2.05, 4.69) is 5.10 Å². The van der Waals surface area contributed by atoms with Crippen LogP contribution in [-0.4, -0.2) is 57.5 Å². The lowest BCUT2D eigenvalue weighted by molar-refractivity contribution is -0.141. The maximum Gasteiger partial charge on any atom is 0.306 e.